The molecule has 0 heterocycles. The number of hydrogen-bond donors (Lipinski definition) is 0. The summed E-state index contributed by atoms with van der Waals surface area (Å²) in [5.41, 5.74) is 1.84. The molecule has 1 unspecified atom stereocenters. The number of carbonyl (C=O) groups excluding carboxylic acids is 1. The fourth-order valence-electron chi connectivity index (χ4n) is 1.55. The molecule has 0 fully saturated rings. The highest BCUT2D eigenvalue weighted by molar-refractivity contribution is 9.10. The maximum absolute atomic E-state index is 12.3. The van der Waals surface area contributed by atoms with Crippen molar-refractivity contribution in [2.45, 2.75) is 19.9 Å². The van der Waals surface area contributed by atoms with Crippen molar-refractivity contribution >= 4 is 33.6 Å². The maximum atomic E-state index is 12.3. The van der Waals surface area contributed by atoms with E-state index in [1.165, 1.54) is 0 Å². The van der Waals surface area contributed by atoms with E-state index >= 15 is 0 Å². The summed E-state index contributed by atoms with van der Waals surface area (Å²) < 4.78 is 0.858. The number of benzene rings is 1. The van der Waals surface area contributed by atoms with Crippen molar-refractivity contribution in [3.63, 3.8) is 0 Å². The Morgan fingerprint density at radius 3 is 2.76 bits per heavy atom. The normalized spacial score (nSPS) is 12.3. The zero-order chi connectivity index (χ0) is 13.0. The Labute approximate surface area is 116 Å². The van der Waals surface area contributed by atoms with Crippen LogP contribution in [0, 0.1) is 6.92 Å². The molecule has 1 amide bonds. The monoisotopic (exact) mass is 315 g/mol. The summed E-state index contributed by atoms with van der Waals surface area (Å²) in [6, 6.07) is 6.08. The van der Waals surface area contributed by atoms with Gasteiger partial charge in [-0.25, -0.2) is 0 Å². The van der Waals surface area contributed by atoms with E-state index in [4.69, 9.17) is 0 Å². The van der Waals surface area contributed by atoms with E-state index in [2.05, 4.69) is 29.1 Å². The smallest absolute Gasteiger partial charge is 0.255 e. The van der Waals surface area contributed by atoms with Crippen LogP contribution in [0.1, 0.15) is 22.8 Å². The zero-order valence-corrected chi connectivity index (χ0v) is 13.1. The Morgan fingerprint density at radius 2 is 2.18 bits per heavy atom. The van der Waals surface area contributed by atoms with Gasteiger partial charge in [0.25, 0.3) is 5.91 Å². The van der Waals surface area contributed by atoms with Crippen LogP contribution in [-0.4, -0.2) is 35.9 Å². The van der Waals surface area contributed by atoms with Crippen LogP contribution >= 0.6 is 27.7 Å². The average Bonchev–Trinajstić information content (AvgIpc) is 2.30. The molecule has 0 saturated heterocycles. The second-order valence-electron chi connectivity index (χ2n) is 4.20. The van der Waals surface area contributed by atoms with E-state index in [0.717, 1.165) is 21.4 Å². The summed E-state index contributed by atoms with van der Waals surface area (Å²) in [7, 11) is 1.86. The van der Waals surface area contributed by atoms with E-state index < -0.39 is 0 Å². The highest BCUT2D eigenvalue weighted by Gasteiger charge is 2.19. The third kappa shape index (κ3) is 3.75. The van der Waals surface area contributed by atoms with Gasteiger partial charge in [-0.15, -0.1) is 0 Å². The van der Waals surface area contributed by atoms with Gasteiger partial charge in [0.2, 0.25) is 0 Å². The lowest BCUT2D eigenvalue weighted by Crippen LogP contribution is -2.36. The molecule has 0 saturated carbocycles. The van der Waals surface area contributed by atoms with Crippen LogP contribution in [0.15, 0.2) is 22.7 Å². The van der Waals surface area contributed by atoms with Gasteiger partial charge < -0.3 is 4.90 Å². The van der Waals surface area contributed by atoms with Crippen molar-refractivity contribution in [2.24, 2.45) is 0 Å². The predicted octanol–water partition coefficient (Wildman–Crippen LogP) is 3.58. The summed E-state index contributed by atoms with van der Waals surface area (Å²) in [5, 5.41) is 0. The summed E-state index contributed by atoms with van der Waals surface area (Å²) in [6.07, 6.45) is 2.05. The van der Waals surface area contributed by atoms with Gasteiger partial charge in [-0.2, -0.15) is 11.8 Å². The van der Waals surface area contributed by atoms with E-state index in [0.29, 0.717) is 0 Å². The summed E-state index contributed by atoms with van der Waals surface area (Å²) in [6.45, 7) is 4.06. The first-order valence-corrected chi connectivity index (χ1v) is 7.68. The Bertz CT molecular complexity index is 408. The Morgan fingerprint density at radius 1 is 1.53 bits per heavy atom. The van der Waals surface area contributed by atoms with E-state index in [1.54, 1.807) is 16.7 Å². The lowest BCUT2D eigenvalue weighted by molar-refractivity contribution is 0.0756. The maximum Gasteiger partial charge on any atom is 0.255 e. The van der Waals surface area contributed by atoms with Gasteiger partial charge >= 0.3 is 0 Å². The highest BCUT2D eigenvalue weighted by atomic mass is 79.9. The van der Waals surface area contributed by atoms with Gasteiger partial charge in [0, 0.05) is 23.3 Å². The van der Waals surface area contributed by atoms with Gasteiger partial charge in [0.1, 0.15) is 0 Å². The number of nitrogens with zero attached hydrogens (tertiary/aromatic N) is 1. The van der Waals surface area contributed by atoms with Crippen LogP contribution in [0.5, 0.6) is 0 Å². The van der Waals surface area contributed by atoms with Gasteiger partial charge in [0.15, 0.2) is 0 Å². The van der Waals surface area contributed by atoms with Crippen LogP contribution < -0.4 is 0 Å². The standard InChI is InChI=1S/C13H18BrNOS/c1-9-5-6-12(14)11(7-9)13(16)15(3)10(2)8-17-4/h5-7,10H,8H2,1-4H3. The first-order valence-electron chi connectivity index (χ1n) is 5.49. The SMILES string of the molecule is CSCC(C)N(C)C(=O)c1cc(C)ccc1Br. The number of thioether (sulfide) groups is 1. The number of carbonyl (C=O) groups is 1. The van der Waals surface area contributed by atoms with Crippen molar-refractivity contribution in [2.75, 3.05) is 19.1 Å². The van der Waals surface area contributed by atoms with Crippen molar-refractivity contribution < 1.29 is 4.79 Å². The van der Waals surface area contributed by atoms with Crippen LogP contribution in [0.4, 0.5) is 0 Å². The Balaban J connectivity index is 2.92. The molecule has 0 bridgehead atoms. The van der Waals surface area contributed by atoms with Crippen molar-refractivity contribution in [3.05, 3.63) is 33.8 Å². The number of hydrogen-bond acceptors (Lipinski definition) is 2. The van der Waals surface area contributed by atoms with Crippen LogP contribution in [0.3, 0.4) is 0 Å². The predicted molar refractivity (Wildman–Crippen MR) is 78.8 cm³/mol. The fraction of sp³-hybridized carbons (Fsp3) is 0.462. The lowest BCUT2D eigenvalue weighted by Gasteiger charge is -2.25. The topological polar surface area (TPSA) is 20.3 Å². The van der Waals surface area contributed by atoms with Crippen molar-refractivity contribution in [1.82, 2.24) is 4.90 Å². The molecule has 1 rings (SSSR count). The Hall–Kier alpha value is -0.480. The minimum Gasteiger partial charge on any atom is -0.338 e. The first kappa shape index (κ1) is 14.6. The number of amides is 1. The summed E-state index contributed by atoms with van der Waals surface area (Å²) >= 11 is 5.19. The second-order valence-corrected chi connectivity index (χ2v) is 5.97. The van der Waals surface area contributed by atoms with Gasteiger partial charge in [-0.1, -0.05) is 11.6 Å². The van der Waals surface area contributed by atoms with Gasteiger partial charge in [-0.05, 0) is 48.2 Å². The molecule has 1 aromatic carbocycles. The molecule has 0 N–H and O–H groups in total. The molecule has 0 aromatic heterocycles. The average molecular weight is 316 g/mol. The largest absolute Gasteiger partial charge is 0.338 e. The molecule has 0 aliphatic heterocycles. The first-order chi connectivity index (χ1) is 7.97. The van der Waals surface area contributed by atoms with Crippen molar-refractivity contribution in [3.8, 4) is 0 Å². The van der Waals surface area contributed by atoms with Crippen molar-refractivity contribution in [1.29, 1.82) is 0 Å². The molecule has 0 spiro atoms. The fourth-order valence-corrected chi connectivity index (χ4v) is 2.67. The molecular weight excluding hydrogens is 298 g/mol. The molecular formula is C13H18BrNOS. The van der Waals surface area contributed by atoms with E-state index in [9.17, 15) is 4.79 Å². The molecule has 4 heteroatoms. The molecule has 0 radical (unpaired) electrons. The van der Waals surface area contributed by atoms with Crippen LogP contribution in [-0.2, 0) is 0 Å². The number of aryl methyl sites for hydroxylation is 1. The van der Waals surface area contributed by atoms with Crippen LogP contribution in [0.25, 0.3) is 0 Å². The third-order valence-corrected chi connectivity index (χ3v) is 4.25. The molecule has 94 valence electrons. The number of halogens is 1. The van der Waals surface area contributed by atoms with Gasteiger partial charge in [-0.3, -0.25) is 4.79 Å². The van der Waals surface area contributed by atoms with Gasteiger partial charge in [0.05, 0.1) is 5.56 Å². The van der Waals surface area contributed by atoms with Crippen LogP contribution in [0.2, 0.25) is 0 Å². The zero-order valence-electron chi connectivity index (χ0n) is 10.7. The minimum absolute atomic E-state index is 0.0714. The molecule has 1 aromatic rings. The molecule has 1 atom stereocenters. The third-order valence-electron chi connectivity index (χ3n) is 2.74. The highest BCUT2D eigenvalue weighted by Crippen LogP contribution is 2.20. The quantitative estimate of drug-likeness (QED) is 0.846. The summed E-state index contributed by atoms with van der Waals surface area (Å²) in [5.74, 6) is 1.02. The van der Waals surface area contributed by atoms with E-state index in [-0.39, 0.29) is 11.9 Å². The number of rotatable bonds is 4. The Kier molecular flexibility index (Phi) is 5.53. The second kappa shape index (κ2) is 6.45. The molecule has 0 aliphatic carbocycles. The van der Waals surface area contributed by atoms with E-state index in [1.807, 2.05) is 32.2 Å². The minimum atomic E-state index is 0.0714. The molecule has 0 aliphatic rings. The lowest BCUT2D eigenvalue weighted by atomic mass is 10.1. The summed E-state index contributed by atoms with van der Waals surface area (Å²) in [4.78, 5) is 14.1. The molecule has 2 nitrogen and oxygen atoms in total. The molecule has 17 heavy (non-hydrogen) atoms.